The molecule has 0 fully saturated rings. The van der Waals surface area contributed by atoms with E-state index in [0.717, 1.165) is 5.56 Å². The zero-order chi connectivity index (χ0) is 14.1. The van der Waals surface area contributed by atoms with Crippen LogP contribution in [0.1, 0.15) is 5.56 Å². The first-order valence-corrected chi connectivity index (χ1v) is 5.82. The Bertz CT molecular complexity index is 467. The first-order chi connectivity index (χ1) is 9.17. The van der Waals surface area contributed by atoms with E-state index in [2.05, 4.69) is 5.32 Å². The van der Waals surface area contributed by atoms with Crippen LogP contribution in [0.4, 0.5) is 0 Å². The van der Waals surface area contributed by atoms with E-state index in [1.165, 1.54) is 4.90 Å². The van der Waals surface area contributed by atoms with E-state index in [4.69, 9.17) is 11.0 Å². The minimum absolute atomic E-state index is 0.0216. The second kappa shape index (κ2) is 7.84. The van der Waals surface area contributed by atoms with Crippen LogP contribution in [-0.4, -0.2) is 36.3 Å². The number of carbonyl (C=O) groups is 2. The third kappa shape index (κ3) is 5.19. The van der Waals surface area contributed by atoms with Gasteiger partial charge in [0, 0.05) is 6.54 Å². The maximum Gasteiger partial charge on any atom is 0.243 e. The van der Waals surface area contributed by atoms with Crippen LogP contribution in [0.2, 0.25) is 0 Å². The molecule has 0 bridgehead atoms. The number of amides is 2. The van der Waals surface area contributed by atoms with Gasteiger partial charge in [0.1, 0.15) is 6.54 Å². The topological polar surface area (TPSA) is 99.2 Å². The number of nitrogens with one attached hydrogen (secondary N) is 1. The van der Waals surface area contributed by atoms with Gasteiger partial charge >= 0.3 is 0 Å². The first-order valence-electron chi connectivity index (χ1n) is 5.82. The molecule has 0 aliphatic heterocycles. The van der Waals surface area contributed by atoms with E-state index in [1.54, 1.807) is 0 Å². The van der Waals surface area contributed by atoms with Crippen molar-refractivity contribution >= 4 is 11.8 Å². The van der Waals surface area contributed by atoms with Gasteiger partial charge < -0.3 is 16.0 Å². The lowest BCUT2D eigenvalue weighted by Gasteiger charge is -2.19. The molecule has 0 saturated heterocycles. The summed E-state index contributed by atoms with van der Waals surface area (Å²) in [4.78, 5) is 24.2. The van der Waals surface area contributed by atoms with E-state index in [-0.39, 0.29) is 25.5 Å². The molecule has 100 valence electrons. The molecule has 1 rings (SSSR count). The highest BCUT2D eigenvalue weighted by Gasteiger charge is 2.14. The summed E-state index contributed by atoms with van der Waals surface area (Å²) >= 11 is 0. The summed E-state index contributed by atoms with van der Waals surface area (Å²) < 4.78 is 0. The van der Waals surface area contributed by atoms with Crippen molar-refractivity contribution in [3.63, 3.8) is 0 Å². The maximum atomic E-state index is 11.9. The average Bonchev–Trinajstić information content (AvgIpc) is 2.45. The molecular formula is C13H16N4O2. The second-order valence-corrected chi connectivity index (χ2v) is 3.87. The van der Waals surface area contributed by atoms with Crippen molar-refractivity contribution in [1.82, 2.24) is 10.2 Å². The molecule has 0 unspecified atom stereocenters. The van der Waals surface area contributed by atoms with Crippen LogP contribution in [-0.2, 0) is 16.1 Å². The van der Waals surface area contributed by atoms with Gasteiger partial charge in [-0.2, -0.15) is 5.26 Å². The number of nitrogens with two attached hydrogens (primary N) is 1. The van der Waals surface area contributed by atoms with Crippen molar-refractivity contribution in [3.05, 3.63) is 35.9 Å². The van der Waals surface area contributed by atoms with Crippen LogP contribution in [0.3, 0.4) is 0 Å². The van der Waals surface area contributed by atoms with Crippen molar-refractivity contribution in [2.24, 2.45) is 5.73 Å². The molecule has 0 radical (unpaired) electrons. The number of rotatable bonds is 6. The summed E-state index contributed by atoms with van der Waals surface area (Å²) in [6.07, 6.45) is 0. The van der Waals surface area contributed by atoms with E-state index < -0.39 is 5.91 Å². The van der Waals surface area contributed by atoms with Gasteiger partial charge in [-0.25, -0.2) is 0 Å². The molecule has 0 heterocycles. The fourth-order valence-corrected chi connectivity index (χ4v) is 1.48. The van der Waals surface area contributed by atoms with Crippen LogP contribution in [0.25, 0.3) is 0 Å². The van der Waals surface area contributed by atoms with Gasteiger partial charge in [-0.1, -0.05) is 30.3 Å². The summed E-state index contributed by atoms with van der Waals surface area (Å²) in [5, 5.41) is 11.1. The quantitative estimate of drug-likeness (QED) is 0.681. The van der Waals surface area contributed by atoms with Gasteiger partial charge in [0.05, 0.1) is 19.2 Å². The van der Waals surface area contributed by atoms with Gasteiger partial charge in [-0.05, 0) is 5.56 Å². The molecule has 0 aliphatic carbocycles. The molecule has 2 amide bonds. The zero-order valence-corrected chi connectivity index (χ0v) is 10.5. The SMILES string of the molecule is N#CCN(Cc1ccccc1)C(=O)CNC(=O)CN. The highest BCUT2D eigenvalue weighted by molar-refractivity contribution is 5.85. The fourth-order valence-electron chi connectivity index (χ4n) is 1.48. The molecule has 19 heavy (non-hydrogen) atoms. The molecule has 0 aromatic heterocycles. The third-order valence-electron chi connectivity index (χ3n) is 2.45. The van der Waals surface area contributed by atoms with Crippen molar-refractivity contribution in [2.45, 2.75) is 6.54 Å². The Morgan fingerprint density at radius 1 is 1.32 bits per heavy atom. The number of carbonyl (C=O) groups excluding carboxylic acids is 2. The number of nitriles is 1. The summed E-state index contributed by atoms with van der Waals surface area (Å²) in [5.41, 5.74) is 6.05. The highest BCUT2D eigenvalue weighted by Crippen LogP contribution is 2.04. The zero-order valence-electron chi connectivity index (χ0n) is 10.5. The predicted molar refractivity (Wildman–Crippen MR) is 69.5 cm³/mol. The number of benzene rings is 1. The molecular weight excluding hydrogens is 244 g/mol. The molecule has 0 atom stereocenters. The molecule has 6 nitrogen and oxygen atoms in total. The predicted octanol–water partition coefficient (Wildman–Crippen LogP) is -0.386. The lowest BCUT2D eigenvalue weighted by molar-refractivity contribution is -0.132. The van der Waals surface area contributed by atoms with Gasteiger partial charge in [0.25, 0.3) is 0 Å². The van der Waals surface area contributed by atoms with Gasteiger partial charge in [0.15, 0.2) is 0 Å². The van der Waals surface area contributed by atoms with Crippen LogP contribution >= 0.6 is 0 Å². The van der Waals surface area contributed by atoms with E-state index in [9.17, 15) is 9.59 Å². The Balaban J connectivity index is 2.59. The molecule has 1 aromatic carbocycles. The fraction of sp³-hybridized carbons (Fsp3) is 0.308. The molecule has 0 saturated carbocycles. The van der Waals surface area contributed by atoms with Crippen LogP contribution in [0, 0.1) is 11.3 Å². The van der Waals surface area contributed by atoms with Crippen molar-refractivity contribution in [1.29, 1.82) is 5.26 Å². The monoisotopic (exact) mass is 260 g/mol. The summed E-state index contributed by atoms with van der Waals surface area (Å²) in [6, 6.07) is 11.3. The number of hydrogen-bond acceptors (Lipinski definition) is 4. The van der Waals surface area contributed by atoms with E-state index in [1.807, 2.05) is 36.4 Å². The van der Waals surface area contributed by atoms with Crippen molar-refractivity contribution in [2.75, 3.05) is 19.6 Å². The van der Waals surface area contributed by atoms with Gasteiger partial charge in [0.2, 0.25) is 11.8 Å². The highest BCUT2D eigenvalue weighted by atomic mass is 16.2. The third-order valence-corrected chi connectivity index (χ3v) is 2.45. The lowest BCUT2D eigenvalue weighted by Crippen LogP contribution is -2.41. The normalized spacial score (nSPS) is 9.47. The molecule has 0 spiro atoms. The summed E-state index contributed by atoms with van der Waals surface area (Å²) in [5.74, 6) is -0.711. The number of hydrogen-bond donors (Lipinski definition) is 2. The van der Waals surface area contributed by atoms with Crippen molar-refractivity contribution < 1.29 is 9.59 Å². The summed E-state index contributed by atoms with van der Waals surface area (Å²) in [7, 11) is 0. The summed E-state index contributed by atoms with van der Waals surface area (Å²) in [6.45, 7) is 0.00666. The van der Waals surface area contributed by atoms with Gasteiger partial charge in [-0.15, -0.1) is 0 Å². The Labute approximate surface area is 111 Å². The molecule has 6 heteroatoms. The van der Waals surface area contributed by atoms with Crippen LogP contribution in [0.5, 0.6) is 0 Å². The Kier molecular flexibility index (Phi) is 6.06. The standard InChI is InChI=1S/C13H16N4O2/c14-6-7-17(10-11-4-2-1-3-5-11)13(19)9-16-12(18)8-15/h1-5H,7-10,15H2,(H,16,18). The first kappa shape index (κ1) is 14.7. The minimum atomic E-state index is -0.398. The van der Waals surface area contributed by atoms with Gasteiger partial charge in [-0.3, -0.25) is 9.59 Å². The largest absolute Gasteiger partial charge is 0.346 e. The Hall–Kier alpha value is -2.39. The second-order valence-electron chi connectivity index (χ2n) is 3.87. The number of nitrogens with zero attached hydrogens (tertiary/aromatic N) is 2. The lowest BCUT2D eigenvalue weighted by atomic mass is 10.2. The molecule has 3 N–H and O–H groups in total. The van der Waals surface area contributed by atoms with Crippen LogP contribution < -0.4 is 11.1 Å². The Morgan fingerprint density at radius 2 is 2.00 bits per heavy atom. The molecule has 1 aromatic rings. The van der Waals surface area contributed by atoms with E-state index >= 15 is 0 Å². The van der Waals surface area contributed by atoms with Crippen molar-refractivity contribution in [3.8, 4) is 6.07 Å². The van der Waals surface area contributed by atoms with E-state index in [0.29, 0.717) is 6.54 Å². The van der Waals surface area contributed by atoms with Crippen LogP contribution in [0.15, 0.2) is 30.3 Å². The minimum Gasteiger partial charge on any atom is -0.346 e. The smallest absolute Gasteiger partial charge is 0.243 e. The average molecular weight is 260 g/mol. The molecule has 0 aliphatic rings. The Morgan fingerprint density at radius 3 is 2.58 bits per heavy atom. The maximum absolute atomic E-state index is 11.9.